The minimum absolute atomic E-state index is 0.0292. The summed E-state index contributed by atoms with van der Waals surface area (Å²) in [4.78, 5) is 5.50. The molecule has 0 aliphatic heterocycles. The van der Waals surface area contributed by atoms with Crippen molar-refractivity contribution in [1.82, 2.24) is 13.8 Å². The number of aromatic nitrogens is 5. The molecule has 0 unspecified atom stereocenters. The molecule has 0 aliphatic rings. The van der Waals surface area contributed by atoms with Gasteiger partial charge in [-0.2, -0.15) is 4.57 Å². The monoisotopic (exact) mass is 849 g/mol. The van der Waals surface area contributed by atoms with Crippen molar-refractivity contribution in [3.05, 3.63) is 175 Å². The van der Waals surface area contributed by atoms with E-state index < -0.39 is 0 Å². The van der Waals surface area contributed by atoms with Gasteiger partial charge in [0.25, 0.3) is 0 Å². The fourth-order valence-electron chi connectivity index (χ4n) is 12.1. The molecule has 314 valence electrons. The number of aryl methyl sites for hydroxylation is 4. The van der Waals surface area contributed by atoms with E-state index in [0.717, 1.165) is 16.9 Å². The SMILES string of the molecule is Cc1c(-c2nc3c4ccccc4n4c5ccccc5c(c34)[n+]2C)ccc2cc(-c3cc4c5ccccc5n5c6c(-c7cc(C(C)(C)C)c8ccccc8c7C)[n+](C)ccc6c(c3)c45)ccc12. The topological polar surface area (TPSA) is 29.5 Å². The van der Waals surface area contributed by atoms with Crippen molar-refractivity contribution in [3.63, 3.8) is 0 Å². The van der Waals surface area contributed by atoms with Crippen LogP contribution in [0.5, 0.6) is 0 Å². The average molecular weight is 850 g/mol. The lowest BCUT2D eigenvalue weighted by Crippen LogP contribution is -2.33. The van der Waals surface area contributed by atoms with Crippen LogP contribution in [-0.2, 0) is 19.5 Å². The summed E-state index contributed by atoms with van der Waals surface area (Å²) >= 11 is 0. The van der Waals surface area contributed by atoms with Gasteiger partial charge in [0.2, 0.25) is 11.2 Å². The Balaban J connectivity index is 0.975. The molecule has 66 heavy (non-hydrogen) atoms. The van der Waals surface area contributed by atoms with Crippen LogP contribution in [0.15, 0.2) is 158 Å². The van der Waals surface area contributed by atoms with Crippen LogP contribution in [0, 0.1) is 13.8 Å². The van der Waals surface area contributed by atoms with Gasteiger partial charge < -0.3 is 8.80 Å². The molecule has 6 aromatic heterocycles. The fourth-order valence-corrected chi connectivity index (χ4v) is 12.1. The highest BCUT2D eigenvalue weighted by atomic mass is 15.1. The first-order valence-electron chi connectivity index (χ1n) is 23.2. The third-order valence-corrected chi connectivity index (χ3v) is 15.2. The van der Waals surface area contributed by atoms with Crippen LogP contribution in [0.4, 0.5) is 0 Å². The smallest absolute Gasteiger partial charge is 0.302 e. The van der Waals surface area contributed by atoms with Crippen molar-refractivity contribution in [2.75, 3.05) is 0 Å². The molecule has 5 nitrogen and oxygen atoms in total. The van der Waals surface area contributed by atoms with Crippen molar-refractivity contribution in [3.8, 4) is 33.8 Å². The van der Waals surface area contributed by atoms with Crippen LogP contribution in [0.1, 0.15) is 37.5 Å². The molecule has 0 radical (unpaired) electrons. The van der Waals surface area contributed by atoms with Crippen molar-refractivity contribution in [2.45, 2.75) is 40.0 Å². The predicted molar refractivity (Wildman–Crippen MR) is 275 cm³/mol. The molecule has 14 rings (SSSR count). The van der Waals surface area contributed by atoms with Crippen LogP contribution in [0.3, 0.4) is 0 Å². The normalized spacial score (nSPS) is 12.8. The third kappa shape index (κ3) is 4.77. The average Bonchev–Trinajstić information content (AvgIpc) is 4.05. The van der Waals surface area contributed by atoms with Gasteiger partial charge in [-0.15, -0.1) is 0 Å². The summed E-state index contributed by atoms with van der Waals surface area (Å²) in [6.07, 6.45) is 2.26. The molecule has 0 amide bonds. The van der Waals surface area contributed by atoms with Crippen LogP contribution in [0.25, 0.3) is 132 Å². The summed E-state index contributed by atoms with van der Waals surface area (Å²) in [5.41, 5.74) is 19.6. The summed E-state index contributed by atoms with van der Waals surface area (Å²) in [7, 11) is 4.39. The van der Waals surface area contributed by atoms with Crippen LogP contribution in [-0.4, -0.2) is 13.8 Å². The third-order valence-electron chi connectivity index (χ3n) is 15.2. The molecular formula is C61H47N5+2. The molecule has 0 atom stereocenters. The van der Waals surface area contributed by atoms with Crippen molar-refractivity contribution < 1.29 is 9.13 Å². The molecule has 14 aromatic rings. The van der Waals surface area contributed by atoms with E-state index in [4.69, 9.17) is 4.98 Å². The number of pyridine rings is 1. The first kappa shape index (κ1) is 37.5. The number of rotatable bonds is 3. The largest absolute Gasteiger partial charge is 0.331 e. The summed E-state index contributed by atoms with van der Waals surface area (Å²) in [5.74, 6) is 0.977. The summed E-state index contributed by atoms with van der Waals surface area (Å²) in [6, 6.07) is 56.7. The Morgan fingerprint density at radius 1 is 0.470 bits per heavy atom. The number of benzene rings is 8. The molecule has 5 heteroatoms. The Morgan fingerprint density at radius 2 is 1.09 bits per heavy atom. The quantitative estimate of drug-likeness (QED) is 0.163. The molecule has 8 aromatic carbocycles. The van der Waals surface area contributed by atoms with E-state index in [1.165, 1.54) is 132 Å². The van der Waals surface area contributed by atoms with Gasteiger partial charge in [-0.3, -0.25) is 0 Å². The molecule has 0 saturated carbocycles. The van der Waals surface area contributed by atoms with Gasteiger partial charge in [0.05, 0.1) is 45.6 Å². The minimum atomic E-state index is -0.0292. The molecule has 0 spiro atoms. The summed E-state index contributed by atoms with van der Waals surface area (Å²) in [6.45, 7) is 11.6. The maximum atomic E-state index is 5.50. The zero-order valence-corrected chi connectivity index (χ0v) is 38.2. The fraction of sp³-hybridized carbons (Fsp3) is 0.131. The van der Waals surface area contributed by atoms with Gasteiger partial charge in [0, 0.05) is 33.0 Å². The number of hydrogen-bond donors (Lipinski definition) is 0. The maximum absolute atomic E-state index is 5.50. The van der Waals surface area contributed by atoms with E-state index in [0.29, 0.717) is 0 Å². The second-order valence-corrected chi connectivity index (χ2v) is 19.8. The lowest BCUT2D eigenvalue weighted by atomic mass is 9.80. The molecule has 0 bridgehead atoms. The van der Waals surface area contributed by atoms with E-state index in [1.807, 2.05) is 0 Å². The maximum Gasteiger partial charge on any atom is 0.331 e. The Labute approximate surface area is 381 Å². The number of para-hydroxylation sites is 3. The Hall–Kier alpha value is -7.89. The van der Waals surface area contributed by atoms with E-state index in [1.54, 1.807) is 0 Å². The van der Waals surface area contributed by atoms with Gasteiger partial charge in [0.1, 0.15) is 18.1 Å². The van der Waals surface area contributed by atoms with Crippen LogP contribution < -0.4 is 9.13 Å². The Kier molecular flexibility index (Phi) is 7.32. The molecule has 0 fully saturated rings. The van der Waals surface area contributed by atoms with Crippen LogP contribution >= 0.6 is 0 Å². The van der Waals surface area contributed by atoms with Crippen LogP contribution in [0.2, 0.25) is 0 Å². The lowest BCUT2D eigenvalue weighted by Gasteiger charge is -2.24. The van der Waals surface area contributed by atoms with E-state index >= 15 is 0 Å². The number of nitrogens with zero attached hydrogens (tertiary/aromatic N) is 5. The molecule has 0 aliphatic carbocycles. The Bertz CT molecular complexity index is 4420. The first-order chi connectivity index (χ1) is 32.1. The molecular weight excluding hydrogens is 803 g/mol. The predicted octanol–water partition coefficient (Wildman–Crippen LogP) is 14.3. The van der Waals surface area contributed by atoms with Gasteiger partial charge >= 0.3 is 5.82 Å². The second-order valence-electron chi connectivity index (χ2n) is 19.8. The van der Waals surface area contributed by atoms with E-state index in [2.05, 4.69) is 225 Å². The number of fused-ring (bicyclic) bond motifs is 14. The van der Waals surface area contributed by atoms with Crippen molar-refractivity contribution in [1.29, 1.82) is 0 Å². The molecule has 0 N–H and O–H groups in total. The highest BCUT2D eigenvalue weighted by Gasteiger charge is 2.31. The lowest BCUT2D eigenvalue weighted by molar-refractivity contribution is -0.659. The zero-order chi connectivity index (χ0) is 44.5. The van der Waals surface area contributed by atoms with Crippen molar-refractivity contribution >= 4 is 98.0 Å². The van der Waals surface area contributed by atoms with E-state index in [-0.39, 0.29) is 5.41 Å². The number of hydrogen-bond acceptors (Lipinski definition) is 1. The van der Waals surface area contributed by atoms with Gasteiger partial charge in [0.15, 0.2) is 11.7 Å². The van der Waals surface area contributed by atoms with Gasteiger partial charge in [-0.1, -0.05) is 106 Å². The second kappa shape index (κ2) is 12.9. The molecule has 6 heterocycles. The minimum Gasteiger partial charge on any atom is -0.302 e. The van der Waals surface area contributed by atoms with Gasteiger partial charge in [-0.25, -0.2) is 4.57 Å². The Morgan fingerprint density at radius 3 is 1.83 bits per heavy atom. The standard InChI is InChI=1S/C61H47N5/c1-34-39-26-24-36(30-37(39)25-27-41(34)60-62-54-45-19-11-14-22-52(45)65-53-23-15-12-20-46(53)57(59(54)65)64(60)7)38-31-48-43-18-10-13-21-51(43)66-55(48)49(32-38)44-28-29-63(6)56(58(44)66)47-33-50(61(3,4)5)42-17-9-8-16-40(42)35(47)2/h8-33H,1-7H3/q+2. The van der Waals surface area contributed by atoms with Crippen molar-refractivity contribution in [2.24, 2.45) is 14.1 Å². The highest BCUT2D eigenvalue weighted by molar-refractivity contribution is 6.26. The first-order valence-corrected chi connectivity index (χ1v) is 23.2. The summed E-state index contributed by atoms with van der Waals surface area (Å²) < 4.78 is 9.61. The highest BCUT2D eigenvalue weighted by Crippen LogP contribution is 2.46. The summed E-state index contributed by atoms with van der Waals surface area (Å²) in [5, 5.41) is 12.6. The van der Waals surface area contributed by atoms with Gasteiger partial charge in [-0.05, 0) is 134 Å². The zero-order valence-electron chi connectivity index (χ0n) is 38.2. The van der Waals surface area contributed by atoms with E-state index in [9.17, 15) is 0 Å². The molecule has 0 saturated heterocycles.